The van der Waals surface area contributed by atoms with Gasteiger partial charge in [0.05, 0.1) is 0 Å². The zero-order valence-corrected chi connectivity index (χ0v) is 10.7. The smallest absolute Gasteiger partial charge is 0.0469 e. The second-order valence-corrected chi connectivity index (χ2v) is 5.78. The summed E-state index contributed by atoms with van der Waals surface area (Å²) in [5.74, 6) is 0.785. The van der Waals surface area contributed by atoms with Crippen molar-refractivity contribution in [3.8, 4) is 0 Å². The Hall–Kier alpha value is -0.120. The van der Waals surface area contributed by atoms with Gasteiger partial charge in [0.15, 0.2) is 0 Å². The van der Waals surface area contributed by atoms with Gasteiger partial charge in [0, 0.05) is 19.3 Å². The molecular weight excluding hydrogens is 200 g/mol. The summed E-state index contributed by atoms with van der Waals surface area (Å²) in [6.45, 7) is 2.73. The van der Waals surface area contributed by atoms with Crippen LogP contribution in [0.4, 0.5) is 0 Å². The largest absolute Gasteiger partial charge is 0.381 e. The van der Waals surface area contributed by atoms with Gasteiger partial charge in [-0.1, -0.05) is 6.42 Å². The summed E-state index contributed by atoms with van der Waals surface area (Å²) in [6, 6.07) is 0.662. The maximum Gasteiger partial charge on any atom is 0.0469 e. The van der Waals surface area contributed by atoms with E-state index in [1.54, 1.807) is 0 Å². The number of hydrogen-bond donors (Lipinski definition) is 1. The van der Waals surface area contributed by atoms with E-state index in [1.165, 1.54) is 32.1 Å². The Morgan fingerprint density at radius 1 is 1.31 bits per heavy atom. The number of nitrogens with zero attached hydrogens (tertiary/aromatic N) is 1. The van der Waals surface area contributed by atoms with Crippen LogP contribution in [-0.2, 0) is 4.74 Å². The molecule has 2 aliphatic rings. The van der Waals surface area contributed by atoms with E-state index in [1.807, 2.05) is 0 Å². The minimum Gasteiger partial charge on any atom is -0.381 e. The number of ether oxygens (including phenoxy) is 1. The zero-order valence-electron chi connectivity index (χ0n) is 10.7. The third kappa shape index (κ3) is 2.13. The highest BCUT2D eigenvalue weighted by atomic mass is 16.5. The normalized spacial score (nSPS) is 27.8. The third-order valence-electron chi connectivity index (χ3n) is 4.65. The molecule has 1 heterocycles. The van der Waals surface area contributed by atoms with Gasteiger partial charge in [-0.25, -0.2) is 0 Å². The molecule has 16 heavy (non-hydrogen) atoms. The molecule has 0 radical (unpaired) electrons. The van der Waals surface area contributed by atoms with Crippen molar-refractivity contribution in [2.24, 2.45) is 17.1 Å². The molecule has 3 nitrogen and oxygen atoms in total. The lowest BCUT2D eigenvalue weighted by molar-refractivity contribution is -0.0425. The topological polar surface area (TPSA) is 38.5 Å². The van der Waals surface area contributed by atoms with E-state index in [4.69, 9.17) is 10.5 Å². The van der Waals surface area contributed by atoms with E-state index in [0.717, 1.165) is 25.7 Å². The molecular formula is C13H26N2O. The van der Waals surface area contributed by atoms with E-state index in [9.17, 15) is 0 Å². The summed E-state index contributed by atoms with van der Waals surface area (Å²) in [4.78, 5) is 2.42. The second kappa shape index (κ2) is 5.03. The molecule has 1 saturated heterocycles. The third-order valence-corrected chi connectivity index (χ3v) is 4.65. The van der Waals surface area contributed by atoms with E-state index < -0.39 is 0 Å². The van der Waals surface area contributed by atoms with E-state index in [-0.39, 0.29) is 0 Å². The van der Waals surface area contributed by atoms with E-state index in [0.29, 0.717) is 11.5 Å². The van der Waals surface area contributed by atoms with E-state index >= 15 is 0 Å². The van der Waals surface area contributed by atoms with Gasteiger partial charge in [-0.05, 0) is 57.7 Å². The molecule has 1 aliphatic carbocycles. The van der Waals surface area contributed by atoms with Gasteiger partial charge in [0.1, 0.15) is 0 Å². The molecule has 1 aliphatic heterocycles. The van der Waals surface area contributed by atoms with Gasteiger partial charge >= 0.3 is 0 Å². The van der Waals surface area contributed by atoms with Gasteiger partial charge in [-0.3, -0.25) is 0 Å². The fraction of sp³-hybridized carbons (Fsp3) is 1.00. The van der Waals surface area contributed by atoms with Crippen LogP contribution in [0.2, 0.25) is 0 Å². The lowest BCUT2D eigenvalue weighted by Crippen LogP contribution is -2.57. The van der Waals surface area contributed by atoms with E-state index in [2.05, 4.69) is 19.0 Å². The van der Waals surface area contributed by atoms with Crippen LogP contribution >= 0.6 is 0 Å². The van der Waals surface area contributed by atoms with Crippen LogP contribution in [0, 0.1) is 11.3 Å². The maximum atomic E-state index is 6.06. The first-order valence-electron chi connectivity index (χ1n) is 6.64. The monoisotopic (exact) mass is 226 g/mol. The Morgan fingerprint density at radius 3 is 2.31 bits per heavy atom. The van der Waals surface area contributed by atoms with Crippen molar-refractivity contribution in [3.63, 3.8) is 0 Å². The molecule has 2 fully saturated rings. The maximum absolute atomic E-state index is 6.06. The van der Waals surface area contributed by atoms with Crippen molar-refractivity contribution >= 4 is 0 Å². The molecule has 1 unspecified atom stereocenters. The minimum atomic E-state index is 0.408. The molecule has 1 atom stereocenters. The lowest BCUT2D eigenvalue weighted by atomic mass is 9.59. The SMILES string of the molecule is CN(C)C(C1CCOCC1)C1(CN)CCC1. The van der Waals surface area contributed by atoms with Gasteiger partial charge in [-0.15, -0.1) is 0 Å². The summed E-state index contributed by atoms with van der Waals surface area (Å²) in [6.07, 6.45) is 6.44. The average Bonchev–Trinajstić information content (AvgIpc) is 2.24. The molecule has 0 aromatic rings. The second-order valence-electron chi connectivity index (χ2n) is 5.78. The van der Waals surface area contributed by atoms with Crippen LogP contribution in [0.25, 0.3) is 0 Å². The van der Waals surface area contributed by atoms with Crippen molar-refractivity contribution < 1.29 is 4.74 Å². The highest BCUT2D eigenvalue weighted by molar-refractivity contribution is 5.01. The quantitative estimate of drug-likeness (QED) is 0.789. The Kier molecular flexibility index (Phi) is 3.88. The van der Waals surface area contributed by atoms with Crippen molar-refractivity contribution in [1.29, 1.82) is 0 Å². The van der Waals surface area contributed by atoms with Crippen LogP contribution < -0.4 is 5.73 Å². The van der Waals surface area contributed by atoms with Crippen molar-refractivity contribution in [1.82, 2.24) is 4.90 Å². The Morgan fingerprint density at radius 2 is 1.94 bits per heavy atom. The molecule has 3 heteroatoms. The first-order valence-corrected chi connectivity index (χ1v) is 6.64. The summed E-state index contributed by atoms with van der Waals surface area (Å²) >= 11 is 0. The summed E-state index contributed by atoms with van der Waals surface area (Å²) < 4.78 is 5.48. The summed E-state index contributed by atoms with van der Waals surface area (Å²) in [7, 11) is 4.44. The summed E-state index contributed by atoms with van der Waals surface area (Å²) in [5.41, 5.74) is 6.46. The minimum absolute atomic E-state index is 0.408. The summed E-state index contributed by atoms with van der Waals surface area (Å²) in [5, 5.41) is 0. The van der Waals surface area contributed by atoms with Crippen LogP contribution in [0.15, 0.2) is 0 Å². The molecule has 0 bridgehead atoms. The first kappa shape index (κ1) is 12.3. The van der Waals surface area contributed by atoms with Crippen LogP contribution in [0.5, 0.6) is 0 Å². The number of hydrogen-bond acceptors (Lipinski definition) is 3. The van der Waals surface area contributed by atoms with Gasteiger partial charge in [0.2, 0.25) is 0 Å². The van der Waals surface area contributed by atoms with Crippen LogP contribution in [0.1, 0.15) is 32.1 Å². The number of rotatable bonds is 4. The zero-order chi connectivity index (χ0) is 11.6. The number of nitrogens with two attached hydrogens (primary N) is 1. The fourth-order valence-electron chi connectivity index (χ4n) is 3.75. The molecule has 2 N–H and O–H groups in total. The molecule has 2 rings (SSSR count). The molecule has 1 saturated carbocycles. The van der Waals surface area contributed by atoms with Crippen molar-refractivity contribution in [3.05, 3.63) is 0 Å². The highest BCUT2D eigenvalue weighted by Crippen LogP contribution is 2.48. The van der Waals surface area contributed by atoms with Crippen molar-refractivity contribution in [2.45, 2.75) is 38.1 Å². The van der Waals surface area contributed by atoms with Gasteiger partial charge < -0.3 is 15.4 Å². The fourth-order valence-corrected chi connectivity index (χ4v) is 3.75. The molecule has 0 spiro atoms. The van der Waals surface area contributed by atoms with Crippen molar-refractivity contribution in [2.75, 3.05) is 33.9 Å². The first-order chi connectivity index (χ1) is 7.69. The predicted molar refractivity (Wildman–Crippen MR) is 66.4 cm³/mol. The van der Waals surface area contributed by atoms with Gasteiger partial charge in [-0.2, -0.15) is 0 Å². The standard InChI is InChI=1S/C13H26N2O/c1-15(2)12(11-4-8-16-9-5-11)13(10-14)6-3-7-13/h11-12H,3-10,14H2,1-2H3. The predicted octanol–water partition coefficient (Wildman–Crippen LogP) is 1.47. The van der Waals surface area contributed by atoms with Gasteiger partial charge in [0.25, 0.3) is 0 Å². The Balaban J connectivity index is 2.09. The molecule has 94 valence electrons. The molecule has 0 aromatic heterocycles. The molecule has 0 amide bonds. The lowest BCUT2D eigenvalue weighted by Gasteiger charge is -2.53. The Bertz CT molecular complexity index is 214. The van der Waals surface area contributed by atoms with Crippen LogP contribution in [0.3, 0.4) is 0 Å². The highest BCUT2D eigenvalue weighted by Gasteiger charge is 2.47. The van der Waals surface area contributed by atoms with Crippen LogP contribution in [-0.4, -0.2) is 44.8 Å². The molecule has 0 aromatic carbocycles. The average molecular weight is 226 g/mol. The Labute approximate surface area is 99.3 Å².